The van der Waals surface area contributed by atoms with E-state index in [0.717, 1.165) is 17.0 Å². The number of fused-ring (bicyclic) bond motifs is 1. The standard InChI is InChI=1S/C22H19N3O2/c1-24(19-7-3-2-4-8-19)22(26)17-10-12-20(13-11-17)27-16-18-15-25-14-6-5-9-21(25)23-18/h2-15H,16H2,1H3. The average molecular weight is 357 g/mol. The summed E-state index contributed by atoms with van der Waals surface area (Å²) >= 11 is 0. The molecule has 4 rings (SSSR count). The fourth-order valence-corrected chi connectivity index (χ4v) is 2.87. The summed E-state index contributed by atoms with van der Waals surface area (Å²) in [5.74, 6) is 0.638. The first-order chi connectivity index (χ1) is 13.2. The Hall–Kier alpha value is -3.60. The van der Waals surface area contributed by atoms with Crippen LogP contribution in [0.1, 0.15) is 16.1 Å². The van der Waals surface area contributed by atoms with Crippen molar-refractivity contribution in [2.75, 3.05) is 11.9 Å². The van der Waals surface area contributed by atoms with E-state index in [-0.39, 0.29) is 5.91 Å². The molecule has 2 aromatic heterocycles. The third-order valence-corrected chi connectivity index (χ3v) is 4.35. The lowest BCUT2D eigenvalue weighted by atomic mass is 10.2. The Labute approximate surface area is 157 Å². The highest BCUT2D eigenvalue weighted by molar-refractivity contribution is 6.05. The lowest BCUT2D eigenvalue weighted by molar-refractivity contribution is 0.0993. The molecule has 0 aliphatic heterocycles. The number of hydrogen-bond acceptors (Lipinski definition) is 3. The highest BCUT2D eigenvalue weighted by Gasteiger charge is 2.13. The Morgan fingerprint density at radius 2 is 1.74 bits per heavy atom. The van der Waals surface area contributed by atoms with Crippen LogP contribution in [-0.4, -0.2) is 22.3 Å². The Bertz CT molecular complexity index is 1020. The van der Waals surface area contributed by atoms with Gasteiger partial charge in [-0.15, -0.1) is 0 Å². The maximum Gasteiger partial charge on any atom is 0.258 e. The van der Waals surface area contributed by atoms with Crippen LogP contribution in [0.15, 0.2) is 85.2 Å². The minimum Gasteiger partial charge on any atom is -0.487 e. The zero-order valence-corrected chi connectivity index (χ0v) is 14.9. The van der Waals surface area contributed by atoms with Crippen molar-refractivity contribution in [2.24, 2.45) is 0 Å². The van der Waals surface area contributed by atoms with Crippen molar-refractivity contribution >= 4 is 17.2 Å². The number of rotatable bonds is 5. The second kappa shape index (κ2) is 7.33. The van der Waals surface area contributed by atoms with E-state index in [4.69, 9.17) is 4.74 Å². The molecule has 0 saturated carbocycles. The summed E-state index contributed by atoms with van der Waals surface area (Å²) in [5, 5.41) is 0. The number of aromatic nitrogens is 2. The molecule has 0 aliphatic rings. The molecule has 0 radical (unpaired) electrons. The first kappa shape index (κ1) is 16.8. The zero-order chi connectivity index (χ0) is 18.6. The number of anilines is 1. The summed E-state index contributed by atoms with van der Waals surface area (Å²) in [5.41, 5.74) is 3.21. The maximum absolute atomic E-state index is 12.6. The molecule has 0 N–H and O–H groups in total. The lowest BCUT2D eigenvalue weighted by Crippen LogP contribution is -2.25. The van der Waals surface area contributed by atoms with Crippen molar-refractivity contribution < 1.29 is 9.53 Å². The van der Waals surface area contributed by atoms with Gasteiger partial charge in [-0.3, -0.25) is 4.79 Å². The minimum atomic E-state index is -0.0619. The second-order valence-electron chi connectivity index (χ2n) is 6.21. The van der Waals surface area contributed by atoms with Crippen LogP contribution in [0.4, 0.5) is 5.69 Å². The number of carbonyl (C=O) groups excluding carboxylic acids is 1. The number of pyridine rings is 1. The molecule has 5 nitrogen and oxygen atoms in total. The van der Waals surface area contributed by atoms with Crippen molar-refractivity contribution in [1.82, 2.24) is 9.38 Å². The van der Waals surface area contributed by atoms with Crippen LogP contribution in [-0.2, 0) is 6.61 Å². The van der Waals surface area contributed by atoms with Gasteiger partial charge in [0.15, 0.2) is 0 Å². The van der Waals surface area contributed by atoms with Gasteiger partial charge in [0.05, 0.1) is 5.69 Å². The summed E-state index contributed by atoms with van der Waals surface area (Å²) in [7, 11) is 1.77. The third-order valence-electron chi connectivity index (χ3n) is 4.35. The fourth-order valence-electron chi connectivity index (χ4n) is 2.87. The predicted octanol–water partition coefficient (Wildman–Crippen LogP) is 4.19. The number of imidazole rings is 1. The van der Waals surface area contributed by atoms with Crippen molar-refractivity contribution in [3.8, 4) is 5.75 Å². The van der Waals surface area contributed by atoms with Crippen molar-refractivity contribution in [3.63, 3.8) is 0 Å². The smallest absolute Gasteiger partial charge is 0.258 e. The minimum absolute atomic E-state index is 0.0619. The molecule has 2 aromatic carbocycles. The molecule has 27 heavy (non-hydrogen) atoms. The average Bonchev–Trinajstić information content (AvgIpc) is 3.15. The van der Waals surface area contributed by atoms with Crippen LogP contribution in [0.3, 0.4) is 0 Å². The third kappa shape index (κ3) is 3.67. The van der Waals surface area contributed by atoms with E-state index >= 15 is 0 Å². The molecule has 2 heterocycles. The first-order valence-corrected chi connectivity index (χ1v) is 8.69. The summed E-state index contributed by atoms with van der Waals surface area (Å²) < 4.78 is 7.76. The largest absolute Gasteiger partial charge is 0.487 e. The van der Waals surface area contributed by atoms with Crippen LogP contribution in [0, 0.1) is 0 Å². The Morgan fingerprint density at radius 1 is 1.00 bits per heavy atom. The normalized spacial score (nSPS) is 10.7. The number of carbonyl (C=O) groups is 1. The summed E-state index contributed by atoms with van der Waals surface area (Å²) in [6.45, 7) is 0.374. The van der Waals surface area contributed by atoms with Gasteiger partial charge in [-0.2, -0.15) is 0 Å². The van der Waals surface area contributed by atoms with Gasteiger partial charge in [0.25, 0.3) is 5.91 Å². The summed E-state index contributed by atoms with van der Waals surface area (Å²) in [4.78, 5) is 18.7. The quantitative estimate of drug-likeness (QED) is 0.538. The van der Waals surface area contributed by atoms with Gasteiger partial charge in [0, 0.05) is 30.7 Å². The number of ether oxygens (including phenoxy) is 1. The highest BCUT2D eigenvalue weighted by atomic mass is 16.5. The van der Waals surface area contributed by atoms with Crippen LogP contribution in [0.25, 0.3) is 5.65 Å². The molecule has 0 spiro atoms. The van der Waals surface area contributed by atoms with Gasteiger partial charge in [-0.1, -0.05) is 24.3 Å². The number of para-hydroxylation sites is 1. The van der Waals surface area contributed by atoms with Crippen LogP contribution in [0.2, 0.25) is 0 Å². The molecule has 0 fully saturated rings. The van der Waals surface area contributed by atoms with E-state index in [1.165, 1.54) is 0 Å². The number of nitrogens with zero attached hydrogens (tertiary/aromatic N) is 3. The molecular weight excluding hydrogens is 338 g/mol. The Balaban J connectivity index is 1.42. The zero-order valence-electron chi connectivity index (χ0n) is 14.9. The lowest BCUT2D eigenvalue weighted by Gasteiger charge is -2.17. The van der Waals surface area contributed by atoms with E-state index in [0.29, 0.717) is 17.9 Å². The van der Waals surface area contributed by atoms with Crippen molar-refractivity contribution in [1.29, 1.82) is 0 Å². The molecule has 0 saturated heterocycles. The molecule has 4 aromatic rings. The van der Waals surface area contributed by atoms with Crippen LogP contribution >= 0.6 is 0 Å². The van der Waals surface area contributed by atoms with E-state index in [9.17, 15) is 4.79 Å². The number of benzene rings is 2. The highest BCUT2D eigenvalue weighted by Crippen LogP contribution is 2.18. The SMILES string of the molecule is CN(C(=O)c1ccc(OCc2cn3ccccc3n2)cc1)c1ccccc1. The van der Waals surface area contributed by atoms with Crippen molar-refractivity contribution in [2.45, 2.75) is 6.61 Å². The molecule has 0 bridgehead atoms. The predicted molar refractivity (Wildman–Crippen MR) is 105 cm³/mol. The van der Waals surface area contributed by atoms with Gasteiger partial charge in [0.1, 0.15) is 18.0 Å². The van der Waals surface area contributed by atoms with E-state index in [2.05, 4.69) is 4.98 Å². The molecule has 5 heteroatoms. The molecule has 1 amide bonds. The van der Waals surface area contributed by atoms with Gasteiger partial charge in [-0.25, -0.2) is 4.98 Å². The van der Waals surface area contributed by atoms with Crippen molar-refractivity contribution in [3.05, 3.63) is 96.4 Å². The van der Waals surface area contributed by atoms with E-state index in [1.54, 1.807) is 24.1 Å². The first-order valence-electron chi connectivity index (χ1n) is 8.69. The summed E-state index contributed by atoms with van der Waals surface area (Å²) in [6, 6.07) is 22.6. The van der Waals surface area contributed by atoms with Crippen LogP contribution < -0.4 is 9.64 Å². The number of amides is 1. The topological polar surface area (TPSA) is 46.8 Å². The molecule has 0 atom stereocenters. The molecule has 0 aliphatic carbocycles. The van der Waals surface area contributed by atoms with E-state index in [1.807, 2.05) is 77.5 Å². The fraction of sp³-hybridized carbons (Fsp3) is 0.0909. The van der Waals surface area contributed by atoms with Gasteiger partial charge in [0.2, 0.25) is 0 Å². The number of hydrogen-bond donors (Lipinski definition) is 0. The molecule has 134 valence electrons. The van der Waals surface area contributed by atoms with Gasteiger partial charge < -0.3 is 14.0 Å². The summed E-state index contributed by atoms with van der Waals surface area (Å²) in [6.07, 6.45) is 3.90. The van der Waals surface area contributed by atoms with E-state index < -0.39 is 0 Å². The molecular formula is C22H19N3O2. The monoisotopic (exact) mass is 357 g/mol. The molecule has 0 unspecified atom stereocenters. The van der Waals surface area contributed by atoms with Gasteiger partial charge >= 0.3 is 0 Å². The Morgan fingerprint density at radius 3 is 2.48 bits per heavy atom. The van der Waals surface area contributed by atoms with Crippen LogP contribution in [0.5, 0.6) is 5.75 Å². The maximum atomic E-state index is 12.6. The van der Waals surface area contributed by atoms with Gasteiger partial charge in [-0.05, 0) is 48.5 Å². The Kier molecular flexibility index (Phi) is 4.58. The second-order valence-corrected chi connectivity index (χ2v) is 6.21.